The molecule has 15 heterocycles. The van der Waals surface area contributed by atoms with Crippen molar-refractivity contribution in [1.29, 1.82) is 0 Å². The maximum absolute atomic E-state index is 6.45. The van der Waals surface area contributed by atoms with Crippen LogP contribution >= 0.6 is 0 Å². The standard InChI is InChI=1S/C34H21N5O.2C33H20N6O/c1-2-6-24(7-3-1)34-38-27-10-11-30-32(33(27)40-34)26-8-4-5-9-29(26)39(30)31-21-25(22-12-16-35-17-13-22)20-28(37-31)23-14-18-36-19-15-23;1-2-6-23(7-3-1)32-36-25-10-11-29-30(31(25)40-32)24-8-4-5-9-28(24)39(29)33-37-26(21-12-16-34-17-13-21)20-27(38-33)22-14-18-35-19-15-22;1-2-6-23(7-3-1)33-37-25-10-11-28-30(31(25)40-33)24-8-4-5-9-27(24)39(28)29-20-26(21-12-16-34-17-13-21)36-32(38-29)22-14-18-35-19-15-22/h1-21H;2*1-20H. The molecule has 0 amide bonds. The van der Waals surface area contributed by atoms with E-state index in [-0.39, 0.29) is 0 Å². The molecule has 0 saturated carbocycles. The molecule has 0 atom stereocenters. The summed E-state index contributed by atoms with van der Waals surface area (Å²) in [6.07, 6.45) is 21.4. The third kappa shape index (κ3) is 12.6. The summed E-state index contributed by atoms with van der Waals surface area (Å²) in [5, 5.41) is 6.18. The zero-order valence-corrected chi connectivity index (χ0v) is 63.5. The second-order valence-corrected chi connectivity index (χ2v) is 28.5. The van der Waals surface area contributed by atoms with Gasteiger partial charge in [0.05, 0.1) is 72.0 Å². The van der Waals surface area contributed by atoms with Crippen molar-refractivity contribution < 1.29 is 13.3 Å². The second-order valence-electron chi connectivity index (χ2n) is 28.5. The number of hydrogen-bond acceptors (Lipinski definition) is 17. The molecule has 564 valence electrons. The van der Waals surface area contributed by atoms with Crippen molar-refractivity contribution in [3.05, 3.63) is 372 Å². The molecule has 0 fully saturated rings. The zero-order chi connectivity index (χ0) is 79.4. The molecule has 0 aliphatic heterocycles. The lowest BCUT2D eigenvalue weighted by Gasteiger charge is -2.12. The summed E-state index contributed by atoms with van der Waals surface area (Å²) < 4.78 is 25.8. The molecule has 20 nitrogen and oxygen atoms in total. The van der Waals surface area contributed by atoms with Gasteiger partial charge in [0.2, 0.25) is 23.6 Å². The van der Waals surface area contributed by atoms with Crippen molar-refractivity contribution in [3.8, 4) is 119 Å². The first-order valence-corrected chi connectivity index (χ1v) is 38.9. The molecule has 20 heteroatoms. The molecular formula is C100H61N17O3. The second kappa shape index (κ2) is 29.8. The van der Waals surface area contributed by atoms with Gasteiger partial charge in [-0.3, -0.25) is 43.6 Å². The first kappa shape index (κ1) is 69.7. The molecule has 9 aromatic carbocycles. The van der Waals surface area contributed by atoms with Crippen LogP contribution < -0.4 is 0 Å². The zero-order valence-electron chi connectivity index (χ0n) is 63.5. The lowest BCUT2D eigenvalue weighted by Crippen LogP contribution is -2.04. The Kier molecular flexibility index (Phi) is 17.3. The quantitative estimate of drug-likeness (QED) is 0.111. The Morgan fingerprint density at radius 1 is 0.200 bits per heavy atom. The van der Waals surface area contributed by atoms with E-state index < -0.39 is 0 Å². The SMILES string of the molecule is c1ccc(-c2nc3ccc4c(c5ccccc5n4-c4cc(-c5ccncc5)cc(-c5ccncc5)n4)c3o2)cc1.c1ccc(-c2nc3ccc4c(c5ccccc5n4-c4cc(-c5ccncc5)nc(-c5ccncc5)n4)c3o2)cc1.c1ccc(-c2nc3ccc4c(c5ccccc5n4-c4nc(-c5ccncc5)cc(-c5ccncc5)n4)c3o2)cc1. The first-order chi connectivity index (χ1) is 59.5. The third-order valence-corrected chi connectivity index (χ3v) is 21.4. The van der Waals surface area contributed by atoms with E-state index in [0.717, 1.165) is 189 Å². The van der Waals surface area contributed by atoms with Gasteiger partial charge < -0.3 is 13.3 Å². The summed E-state index contributed by atoms with van der Waals surface area (Å²) in [6.45, 7) is 0. The number of nitrogens with zero attached hydrogens (tertiary/aromatic N) is 17. The van der Waals surface area contributed by atoms with Crippen molar-refractivity contribution >= 4 is 98.7 Å². The Morgan fingerprint density at radius 2 is 0.517 bits per heavy atom. The molecule has 0 aliphatic carbocycles. The Labute approximate surface area is 682 Å². The molecule has 0 bridgehead atoms. The van der Waals surface area contributed by atoms with Crippen LogP contribution in [0, 0.1) is 0 Å². The van der Waals surface area contributed by atoms with Crippen LogP contribution in [-0.2, 0) is 0 Å². The van der Waals surface area contributed by atoms with Crippen LogP contribution in [-0.4, -0.2) is 83.5 Å². The van der Waals surface area contributed by atoms with Gasteiger partial charge in [-0.1, -0.05) is 109 Å². The number of benzene rings is 9. The molecule has 120 heavy (non-hydrogen) atoms. The van der Waals surface area contributed by atoms with E-state index in [0.29, 0.717) is 29.4 Å². The highest BCUT2D eigenvalue weighted by Gasteiger charge is 2.26. The van der Waals surface area contributed by atoms with E-state index in [4.69, 9.17) is 53.1 Å². The van der Waals surface area contributed by atoms with Gasteiger partial charge >= 0.3 is 0 Å². The number of aromatic nitrogens is 17. The van der Waals surface area contributed by atoms with E-state index in [1.54, 1.807) is 62.0 Å². The predicted molar refractivity (Wildman–Crippen MR) is 470 cm³/mol. The highest BCUT2D eigenvalue weighted by atomic mass is 16.4. The topological polar surface area (TPSA) is 235 Å². The van der Waals surface area contributed by atoms with Crippen LogP contribution in [0.5, 0.6) is 0 Å². The van der Waals surface area contributed by atoms with Gasteiger partial charge in [0.1, 0.15) is 28.2 Å². The summed E-state index contributed by atoms with van der Waals surface area (Å²) in [6, 6.07) is 99.1. The maximum atomic E-state index is 6.45. The predicted octanol–water partition coefficient (Wildman–Crippen LogP) is 23.1. The molecule has 0 unspecified atom stereocenters. The van der Waals surface area contributed by atoms with Crippen molar-refractivity contribution in [2.75, 3.05) is 0 Å². The summed E-state index contributed by atoms with van der Waals surface area (Å²) >= 11 is 0. The molecule has 0 N–H and O–H groups in total. The average molecular weight is 1550 g/mol. The highest BCUT2D eigenvalue weighted by Crippen LogP contribution is 2.44. The van der Waals surface area contributed by atoms with Gasteiger partial charge in [-0.05, 0) is 193 Å². The van der Waals surface area contributed by atoms with Crippen LogP contribution in [0.1, 0.15) is 0 Å². The number of fused-ring (bicyclic) bond motifs is 15. The number of pyridine rings is 7. The lowest BCUT2D eigenvalue weighted by atomic mass is 10.0. The molecule has 15 aromatic heterocycles. The fourth-order valence-corrected chi connectivity index (χ4v) is 15.9. The molecule has 24 rings (SSSR count). The maximum Gasteiger partial charge on any atom is 0.235 e. The van der Waals surface area contributed by atoms with Crippen LogP contribution in [0.4, 0.5) is 0 Å². The number of rotatable bonds is 12. The largest absolute Gasteiger partial charge is 0.435 e. The van der Waals surface area contributed by atoms with Crippen LogP contribution in [0.25, 0.3) is 218 Å². The van der Waals surface area contributed by atoms with Crippen LogP contribution in [0.15, 0.2) is 385 Å². The van der Waals surface area contributed by atoms with E-state index in [9.17, 15) is 0 Å². The summed E-state index contributed by atoms with van der Waals surface area (Å²) in [5.41, 5.74) is 23.7. The molecular weight excluding hydrogens is 1490 g/mol. The third-order valence-electron chi connectivity index (χ3n) is 21.4. The minimum Gasteiger partial charge on any atom is -0.435 e. The van der Waals surface area contributed by atoms with E-state index in [2.05, 4.69) is 122 Å². The average Bonchev–Trinajstić information content (AvgIpc) is 1.58. The molecule has 0 saturated heterocycles. The first-order valence-electron chi connectivity index (χ1n) is 38.9. The molecule has 0 spiro atoms. The number of oxazole rings is 3. The van der Waals surface area contributed by atoms with Gasteiger partial charge in [0.25, 0.3) is 0 Å². The summed E-state index contributed by atoms with van der Waals surface area (Å²) in [5.74, 6) is 4.55. The van der Waals surface area contributed by atoms with Crippen LogP contribution in [0.2, 0.25) is 0 Å². The molecule has 0 radical (unpaired) electrons. The Balaban J connectivity index is 0.000000108. The monoisotopic (exact) mass is 1550 g/mol. The van der Waals surface area contributed by atoms with Crippen molar-refractivity contribution in [2.45, 2.75) is 0 Å². The molecule has 24 aromatic rings. The number of para-hydroxylation sites is 3. The van der Waals surface area contributed by atoms with Crippen LogP contribution in [0.3, 0.4) is 0 Å². The van der Waals surface area contributed by atoms with Gasteiger partial charge in [-0.2, -0.15) is 0 Å². The van der Waals surface area contributed by atoms with Crippen molar-refractivity contribution in [3.63, 3.8) is 0 Å². The molecule has 0 aliphatic rings. The van der Waals surface area contributed by atoms with E-state index in [1.165, 1.54) is 0 Å². The Hall–Kier alpha value is -17.0. The van der Waals surface area contributed by atoms with Gasteiger partial charge in [-0.15, -0.1) is 0 Å². The van der Waals surface area contributed by atoms with Crippen molar-refractivity contribution in [2.24, 2.45) is 0 Å². The van der Waals surface area contributed by atoms with E-state index >= 15 is 0 Å². The van der Waals surface area contributed by atoms with Gasteiger partial charge in [0, 0.05) is 141 Å². The van der Waals surface area contributed by atoms with E-state index in [1.807, 2.05) is 231 Å². The Bertz CT molecular complexity index is 7030. The fraction of sp³-hybridized carbons (Fsp3) is 0. The lowest BCUT2D eigenvalue weighted by molar-refractivity contribution is 0.622. The highest BCUT2D eigenvalue weighted by molar-refractivity contribution is 6.21. The van der Waals surface area contributed by atoms with Crippen molar-refractivity contribution in [1.82, 2.24) is 83.5 Å². The Morgan fingerprint density at radius 3 is 0.908 bits per heavy atom. The fourth-order valence-electron chi connectivity index (χ4n) is 15.9. The smallest absolute Gasteiger partial charge is 0.235 e. The normalized spacial score (nSPS) is 11.5. The number of hydrogen-bond donors (Lipinski definition) is 0. The minimum atomic E-state index is 0.564. The van der Waals surface area contributed by atoms with Gasteiger partial charge in [0.15, 0.2) is 22.6 Å². The summed E-state index contributed by atoms with van der Waals surface area (Å²) in [4.78, 5) is 64.9. The van der Waals surface area contributed by atoms with Gasteiger partial charge in [-0.25, -0.2) is 39.9 Å². The minimum absolute atomic E-state index is 0.564. The summed E-state index contributed by atoms with van der Waals surface area (Å²) in [7, 11) is 0.